The van der Waals surface area contributed by atoms with Crippen LogP contribution >= 0.6 is 11.6 Å². The number of rotatable bonds is 6. The fourth-order valence-corrected chi connectivity index (χ4v) is 4.52. The van der Waals surface area contributed by atoms with E-state index >= 15 is 0 Å². The first kappa shape index (κ1) is 26.7. The van der Waals surface area contributed by atoms with E-state index < -0.39 is 11.4 Å². The van der Waals surface area contributed by atoms with Crippen molar-refractivity contribution in [3.8, 4) is 11.5 Å². The van der Waals surface area contributed by atoms with E-state index in [1.807, 2.05) is 26.8 Å². The molecule has 3 aromatic rings. The Hall–Kier alpha value is -3.33. The fourth-order valence-electron chi connectivity index (χ4n) is 4.34. The van der Waals surface area contributed by atoms with Gasteiger partial charge in [0.25, 0.3) is 0 Å². The quantitative estimate of drug-likeness (QED) is 0.378. The number of nitrogens with one attached hydrogen (secondary N) is 1. The monoisotopic (exact) mass is 530 g/mol. The lowest BCUT2D eigenvalue weighted by Crippen LogP contribution is -2.43. The third kappa shape index (κ3) is 6.52. The van der Waals surface area contributed by atoms with Crippen LogP contribution in [0.1, 0.15) is 46.5 Å². The molecular formula is C27H32ClFN4O4. The van der Waals surface area contributed by atoms with Gasteiger partial charge in [-0.15, -0.1) is 0 Å². The third-order valence-electron chi connectivity index (χ3n) is 6.27. The van der Waals surface area contributed by atoms with Crippen molar-refractivity contribution in [2.45, 2.75) is 64.2 Å². The Morgan fingerprint density at radius 2 is 1.84 bits per heavy atom. The molecule has 0 saturated heterocycles. The summed E-state index contributed by atoms with van der Waals surface area (Å²) in [4.78, 5) is 22.9. The van der Waals surface area contributed by atoms with E-state index in [4.69, 9.17) is 25.8 Å². The van der Waals surface area contributed by atoms with E-state index in [1.165, 1.54) is 18.5 Å². The molecule has 1 aliphatic rings. The first-order valence-electron chi connectivity index (χ1n) is 12.2. The summed E-state index contributed by atoms with van der Waals surface area (Å²) >= 11 is 5.93. The van der Waals surface area contributed by atoms with Gasteiger partial charge < -0.3 is 24.4 Å². The van der Waals surface area contributed by atoms with Crippen molar-refractivity contribution < 1.29 is 23.4 Å². The number of fused-ring (bicyclic) bond motifs is 1. The molecule has 10 heteroatoms. The van der Waals surface area contributed by atoms with Crippen molar-refractivity contribution in [3.63, 3.8) is 0 Å². The number of anilines is 2. The molecule has 198 valence electrons. The van der Waals surface area contributed by atoms with Gasteiger partial charge in [-0.2, -0.15) is 0 Å². The second-order valence-corrected chi connectivity index (χ2v) is 10.5. The summed E-state index contributed by atoms with van der Waals surface area (Å²) in [5.41, 5.74) is 0.730. The van der Waals surface area contributed by atoms with Crippen LogP contribution in [0.25, 0.3) is 10.9 Å². The maximum absolute atomic E-state index is 13.6. The molecule has 37 heavy (non-hydrogen) atoms. The molecule has 1 amide bonds. The zero-order chi connectivity index (χ0) is 26.7. The van der Waals surface area contributed by atoms with Gasteiger partial charge in [0, 0.05) is 30.2 Å². The number of ether oxygens (including phenoxy) is 3. The Kier molecular flexibility index (Phi) is 7.92. The third-order valence-corrected chi connectivity index (χ3v) is 6.56. The van der Waals surface area contributed by atoms with Gasteiger partial charge in [-0.1, -0.05) is 11.6 Å². The van der Waals surface area contributed by atoms with E-state index in [-0.39, 0.29) is 23.3 Å². The molecule has 0 unspecified atom stereocenters. The molecule has 8 nitrogen and oxygen atoms in total. The van der Waals surface area contributed by atoms with Gasteiger partial charge >= 0.3 is 6.09 Å². The zero-order valence-electron chi connectivity index (χ0n) is 21.7. The highest BCUT2D eigenvalue weighted by molar-refractivity contribution is 6.31. The molecule has 0 aliphatic heterocycles. The number of hydrogen-bond donors (Lipinski definition) is 1. The summed E-state index contributed by atoms with van der Waals surface area (Å²) in [6.07, 6.45) is 4.27. The van der Waals surface area contributed by atoms with Crippen LogP contribution in [-0.4, -0.2) is 52.9 Å². The molecule has 4 rings (SSSR count). The van der Waals surface area contributed by atoms with Gasteiger partial charge in [-0.25, -0.2) is 19.2 Å². The normalized spacial score (nSPS) is 17.8. The Balaban J connectivity index is 1.49. The molecule has 0 spiro atoms. The van der Waals surface area contributed by atoms with Gasteiger partial charge in [0.15, 0.2) is 11.5 Å². The second-order valence-electron chi connectivity index (χ2n) is 10.1. The van der Waals surface area contributed by atoms with Crippen LogP contribution in [0.5, 0.6) is 11.5 Å². The van der Waals surface area contributed by atoms with Crippen molar-refractivity contribution in [1.29, 1.82) is 0 Å². The van der Waals surface area contributed by atoms with Gasteiger partial charge in [0.2, 0.25) is 0 Å². The Bertz CT molecular complexity index is 1280. The van der Waals surface area contributed by atoms with Crippen LogP contribution in [-0.2, 0) is 4.74 Å². The number of hydrogen-bond acceptors (Lipinski definition) is 7. The Labute approximate surface area is 221 Å². The zero-order valence-corrected chi connectivity index (χ0v) is 22.4. The van der Waals surface area contributed by atoms with E-state index in [0.717, 1.165) is 31.1 Å². The number of methoxy groups -OCH3 is 1. The molecule has 0 radical (unpaired) electrons. The Morgan fingerprint density at radius 3 is 2.49 bits per heavy atom. The van der Waals surface area contributed by atoms with Crippen LogP contribution in [0.2, 0.25) is 5.02 Å². The van der Waals surface area contributed by atoms with Crippen LogP contribution in [0, 0.1) is 5.82 Å². The van der Waals surface area contributed by atoms with Crippen molar-refractivity contribution in [1.82, 2.24) is 14.9 Å². The second kappa shape index (κ2) is 11.0. The van der Waals surface area contributed by atoms with Crippen molar-refractivity contribution in [2.24, 2.45) is 0 Å². The van der Waals surface area contributed by atoms with Gasteiger partial charge in [-0.05, 0) is 70.7 Å². The highest BCUT2D eigenvalue weighted by atomic mass is 35.5. The minimum Gasteiger partial charge on any atom is -0.493 e. The van der Waals surface area contributed by atoms with Crippen LogP contribution in [0.3, 0.4) is 0 Å². The summed E-state index contributed by atoms with van der Waals surface area (Å²) in [6.45, 7) is 5.59. The topological polar surface area (TPSA) is 85.8 Å². The maximum atomic E-state index is 13.6. The average molecular weight is 531 g/mol. The van der Waals surface area contributed by atoms with Crippen LogP contribution in [0.15, 0.2) is 36.7 Å². The van der Waals surface area contributed by atoms with E-state index in [0.29, 0.717) is 28.5 Å². The molecule has 2 aromatic carbocycles. The minimum absolute atomic E-state index is 0.0157. The summed E-state index contributed by atoms with van der Waals surface area (Å²) in [5.74, 6) is 1.18. The van der Waals surface area contributed by atoms with E-state index in [1.54, 1.807) is 31.2 Å². The molecule has 1 aromatic heterocycles. The first-order chi connectivity index (χ1) is 17.5. The summed E-state index contributed by atoms with van der Waals surface area (Å²) in [6, 6.07) is 8.13. The van der Waals surface area contributed by atoms with Gasteiger partial charge in [-0.3, -0.25) is 0 Å². The van der Waals surface area contributed by atoms with Gasteiger partial charge in [0.1, 0.15) is 23.6 Å². The molecule has 1 saturated carbocycles. The SMILES string of the molecule is COc1cc2ncnc(Nc3ccc(F)c(Cl)c3)c2cc1O[C@H]1CC[C@H](N(C)C(=O)OC(C)(C)C)CC1. The summed E-state index contributed by atoms with van der Waals surface area (Å²) in [7, 11) is 3.37. The lowest BCUT2D eigenvalue weighted by atomic mass is 9.92. The number of amides is 1. The summed E-state index contributed by atoms with van der Waals surface area (Å²) < 4.78 is 31.1. The van der Waals surface area contributed by atoms with E-state index in [9.17, 15) is 9.18 Å². The molecule has 1 N–H and O–H groups in total. The predicted octanol–water partition coefficient (Wildman–Crippen LogP) is 6.73. The first-order valence-corrected chi connectivity index (χ1v) is 12.6. The number of halogens is 2. The number of carbonyl (C=O) groups is 1. The fraction of sp³-hybridized carbons (Fsp3) is 0.444. The van der Waals surface area contributed by atoms with E-state index in [2.05, 4.69) is 15.3 Å². The van der Waals surface area contributed by atoms with Crippen molar-refractivity contribution in [3.05, 3.63) is 47.5 Å². The smallest absolute Gasteiger partial charge is 0.410 e. The molecule has 0 atom stereocenters. The standard InChI is InChI=1S/C27H32ClFN4O4/c1-27(2,3)37-26(34)33(4)17-7-9-18(10-8-17)36-24-13-19-22(14-23(24)35-5)30-15-31-25(19)32-16-6-11-21(29)20(28)12-16/h6,11-15,17-18H,7-10H2,1-5H3,(H,30,31,32)/t17-,18-. The average Bonchev–Trinajstić information content (AvgIpc) is 2.85. The summed E-state index contributed by atoms with van der Waals surface area (Å²) in [5, 5.41) is 3.92. The number of benzene rings is 2. The Morgan fingerprint density at radius 1 is 1.11 bits per heavy atom. The molecule has 1 aliphatic carbocycles. The van der Waals surface area contributed by atoms with Gasteiger partial charge in [0.05, 0.1) is 23.8 Å². The molecule has 1 fully saturated rings. The number of aromatic nitrogens is 2. The van der Waals surface area contributed by atoms with Crippen LogP contribution < -0.4 is 14.8 Å². The highest BCUT2D eigenvalue weighted by Crippen LogP contribution is 2.37. The highest BCUT2D eigenvalue weighted by Gasteiger charge is 2.30. The molecular weight excluding hydrogens is 499 g/mol. The van der Waals surface area contributed by atoms with Crippen molar-refractivity contribution >= 4 is 40.1 Å². The lowest BCUT2D eigenvalue weighted by Gasteiger charge is -2.35. The minimum atomic E-state index is -0.529. The van der Waals surface area contributed by atoms with Crippen LogP contribution in [0.4, 0.5) is 20.7 Å². The largest absolute Gasteiger partial charge is 0.493 e. The number of nitrogens with zero attached hydrogens (tertiary/aromatic N) is 3. The van der Waals surface area contributed by atoms with Crippen molar-refractivity contribution in [2.75, 3.05) is 19.5 Å². The predicted molar refractivity (Wildman–Crippen MR) is 141 cm³/mol. The molecule has 1 heterocycles. The molecule has 0 bridgehead atoms. The number of carbonyl (C=O) groups excluding carboxylic acids is 1. The lowest BCUT2D eigenvalue weighted by molar-refractivity contribution is 0.0138. The maximum Gasteiger partial charge on any atom is 0.410 e.